The summed E-state index contributed by atoms with van der Waals surface area (Å²) in [7, 11) is 0. The van der Waals surface area contributed by atoms with Gasteiger partial charge in [0.25, 0.3) is 0 Å². The predicted octanol–water partition coefficient (Wildman–Crippen LogP) is 6.35. The first-order valence-electron chi connectivity index (χ1n) is 13.6. The molecule has 0 amide bonds. The van der Waals surface area contributed by atoms with Gasteiger partial charge in [0.15, 0.2) is 11.9 Å². The number of ether oxygens (including phenoxy) is 1. The number of piperidine rings is 3. The molecule has 1 atom stereocenters. The van der Waals surface area contributed by atoms with E-state index in [4.69, 9.17) is 9.26 Å². The van der Waals surface area contributed by atoms with Gasteiger partial charge in [-0.3, -0.25) is 0 Å². The summed E-state index contributed by atoms with van der Waals surface area (Å²) < 4.78 is 26.6. The second kappa shape index (κ2) is 9.89. The fourth-order valence-electron chi connectivity index (χ4n) is 6.83. The van der Waals surface area contributed by atoms with Crippen LogP contribution in [0.25, 0.3) is 0 Å². The Kier molecular flexibility index (Phi) is 6.46. The third-order valence-electron chi connectivity index (χ3n) is 8.79. The molecule has 0 unspecified atom stereocenters. The van der Waals surface area contributed by atoms with Crippen molar-refractivity contribution < 1.29 is 23.2 Å². The summed E-state index contributed by atoms with van der Waals surface area (Å²) in [6.07, 6.45) is 9.01. The number of aromatic nitrogens is 1. The van der Waals surface area contributed by atoms with Gasteiger partial charge in [-0.1, -0.05) is 48.7 Å². The van der Waals surface area contributed by atoms with Crippen molar-refractivity contribution in [1.82, 2.24) is 5.16 Å². The molecular formula is C30H36FN2O3+. The highest BCUT2D eigenvalue weighted by molar-refractivity contribution is 5.44. The fourth-order valence-corrected chi connectivity index (χ4v) is 6.83. The van der Waals surface area contributed by atoms with Gasteiger partial charge in [0.05, 0.1) is 18.8 Å². The van der Waals surface area contributed by atoms with Crippen LogP contribution in [-0.2, 0) is 13.0 Å². The Labute approximate surface area is 212 Å². The fraction of sp³-hybridized carbons (Fsp3) is 0.500. The number of hydrogen-bond acceptors (Lipinski definition) is 4. The lowest BCUT2D eigenvalue weighted by Crippen LogP contribution is -2.64. The molecule has 190 valence electrons. The Morgan fingerprint density at radius 3 is 2.61 bits per heavy atom. The normalized spacial score (nSPS) is 26.2. The first-order valence-corrected chi connectivity index (χ1v) is 13.6. The Hall–Kier alpha value is -2.86. The van der Waals surface area contributed by atoms with Crippen LogP contribution in [0.5, 0.6) is 11.5 Å². The van der Waals surface area contributed by atoms with Gasteiger partial charge in [-0.25, -0.2) is 4.39 Å². The van der Waals surface area contributed by atoms with E-state index in [9.17, 15) is 9.50 Å². The number of phenols is 1. The molecule has 2 aromatic carbocycles. The van der Waals surface area contributed by atoms with Gasteiger partial charge in [0.1, 0.15) is 30.4 Å². The van der Waals surface area contributed by atoms with E-state index in [2.05, 4.69) is 23.4 Å². The minimum absolute atomic E-state index is 0.0937. The van der Waals surface area contributed by atoms with Gasteiger partial charge >= 0.3 is 0 Å². The lowest BCUT2D eigenvalue weighted by Gasteiger charge is -2.51. The molecule has 4 fully saturated rings. The molecule has 36 heavy (non-hydrogen) atoms. The number of nitrogens with zero attached hydrogens (tertiary/aromatic N) is 2. The molecule has 0 spiro atoms. The first kappa shape index (κ1) is 23.5. The molecule has 0 radical (unpaired) electrons. The molecule has 4 heterocycles. The smallest absolute Gasteiger partial charge is 0.191 e. The number of para-hydroxylation sites is 1. The molecule has 3 saturated heterocycles. The van der Waals surface area contributed by atoms with Crippen LogP contribution in [0.3, 0.4) is 0 Å². The van der Waals surface area contributed by atoms with Gasteiger partial charge in [0.2, 0.25) is 0 Å². The van der Waals surface area contributed by atoms with E-state index in [1.54, 1.807) is 6.07 Å². The quantitative estimate of drug-likeness (QED) is 0.392. The summed E-state index contributed by atoms with van der Waals surface area (Å²) in [4.78, 5) is 0. The molecule has 6 heteroatoms. The lowest BCUT2D eigenvalue weighted by atomic mass is 9.82. The minimum Gasteiger partial charge on any atom is -0.507 e. The molecule has 4 aliphatic rings. The van der Waals surface area contributed by atoms with E-state index < -0.39 is 0 Å². The largest absolute Gasteiger partial charge is 0.507 e. The Morgan fingerprint density at radius 2 is 1.81 bits per heavy atom. The molecular weight excluding hydrogens is 455 g/mol. The number of quaternary nitrogens is 1. The van der Waals surface area contributed by atoms with Crippen LogP contribution in [0.1, 0.15) is 73.4 Å². The van der Waals surface area contributed by atoms with Crippen LogP contribution in [0.4, 0.5) is 4.39 Å². The molecule has 1 N–H and O–H groups in total. The molecule has 2 bridgehead atoms. The maximum absolute atomic E-state index is 13.7. The Balaban J connectivity index is 1.13. The van der Waals surface area contributed by atoms with Crippen LogP contribution in [0.15, 0.2) is 53.1 Å². The summed E-state index contributed by atoms with van der Waals surface area (Å²) >= 11 is 0. The molecule has 3 aliphatic heterocycles. The van der Waals surface area contributed by atoms with E-state index >= 15 is 0 Å². The average Bonchev–Trinajstić information content (AvgIpc) is 3.32. The van der Waals surface area contributed by atoms with E-state index in [-0.39, 0.29) is 11.9 Å². The number of rotatable bonds is 7. The summed E-state index contributed by atoms with van der Waals surface area (Å²) in [5.74, 6) is 2.67. The van der Waals surface area contributed by atoms with E-state index in [0.717, 1.165) is 78.9 Å². The second-order valence-corrected chi connectivity index (χ2v) is 11.2. The third-order valence-corrected chi connectivity index (χ3v) is 8.79. The van der Waals surface area contributed by atoms with Gasteiger partial charge < -0.3 is 18.8 Å². The van der Waals surface area contributed by atoms with Crippen LogP contribution >= 0.6 is 0 Å². The van der Waals surface area contributed by atoms with Crippen LogP contribution < -0.4 is 4.74 Å². The van der Waals surface area contributed by atoms with Crippen molar-refractivity contribution in [3.63, 3.8) is 0 Å². The SMILES string of the molecule is Oc1c(Cc2cc(C[N+]34CCC(CC3)[C@@H](Oc3cccc(F)c3)C4)on2)cccc1C1CCCCC1. The highest BCUT2D eigenvalue weighted by Crippen LogP contribution is 2.40. The molecule has 3 aromatic rings. The topological polar surface area (TPSA) is 55.5 Å². The third kappa shape index (κ3) is 4.88. The van der Waals surface area contributed by atoms with Gasteiger partial charge in [-0.05, 0) is 36.5 Å². The summed E-state index contributed by atoms with van der Waals surface area (Å²) in [6, 6.07) is 14.7. The maximum Gasteiger partial charge on any atom is 0.191 e. The summed E-state index contributed by atoms with van der Waals surface area (Å²) in [5.41, 5.74) is 2.88. The highest BCUT2D eigenvalue weighted by atomic mass is 19.1. The van der Waals surface area contributed by atoms with Crippen LogP contribution in [0, 0.1) is 11.7 Å². The van der Waals surface area contributed by atoms with Crippen molar-refractivity contribution in [3.8, 4) is 11.5 Å². The van der Waals surface area contributed by atoms with Crippen LogP contribution in [-0.4, -0.2) is 40.5 Å². The molecule has 1 saturated carbocycles. The number of benzene rings is 2. The predicted molar refractivity (Wildman–Crippen MR) is 135 cm³/mol. The van der Waals surface area contributed by atoms with E-state index in [1.807, 2.05) is 12.1 Å². The Morgan fingerprint density at radius 1 is 1.00 bits per heavy atom. The van der Waals surface area contributed by atoms with Gasteiger partial charge in [0, 0.05) is 42.9 Å². The molecule has 7 rings (SSSR count). The number of phenolic OH excluding ortho intramolecular Hbond substituents is 1. The lowest BCUT2D eigenvalue weighted by molar-refractivity contribution is -0.959. The van der Waals surface area contributed by atoms with E-state index in [1.165, 1.54) is 31.4 Å². The zero-order chi connectivity index (χ0) is 24.5. The minimum atomic E-state index is -0.262. The molecule has 1 aromatic heterocycles. The standard InChI is InChI=1S/C30H35FN2O3/c31-24-9-5-10-26(17-24)35-29-20-33(14-12-22(29)13-15-33)19-27-18-25(32-36-27)16-23-8-4-11-28(30(23)34)21-6-2-1-3-7-21/h4-5,8-11,17-18,21-22,29H,1-3,6-7,12-16,19-20H2/p+1/t22?,29-,33?/m0/s1. The zero-order valence-corrected chi connectivity index (χ0v) is 20.9. The zero-order valence-electron chi connectivity index (χ0n) is 20.9. The van der Waals surface area contributed by atoms with Crippen molar-refractivity contribution >= 4 is 0 Å². The van der Waals surface area contributed by atoms with Crippen molar-refractivity contribution in [2.24, 2.45) is 5.92 Å². The van der Waals surface area contributed by atoms with Crippen LogP contribution in [0.2, 0.25) is 0 Å². The van der Waals surface area contributed by atoms with Crippen molar-refractivity contribution in [3.05, 3.63) is 76.9 Å². The number of fused-ring (bicyclic) bond motifs is 3. The summed E-state index contributed by atoms with van der Waals surface area (Å²) in [6.45, 7) is 3.90. The second-order valence-electron chi connectivity index (χ2n) is 11.2. The Bertz CT molecular complexity index is 1190. The monoisotopic (exact) mass is 491 g/mol. The van der Waals surface area contributed by atoms with Crippen molar-refractivity contribution in [2.75, 3.05) is 19.6 Å². The molecule has 1 aliphatic carbocycles. The first-order chi connectivity index (χ1) is 17.6. The van der Waals surface area contributed by atoms with Crippen molar-refractivity contribution in [1.29, 1.82) is 0 Å². The van der Waals surface area contributed by atoms with Gasteiger partial charge in [-0.2, -0.15) is 0 Å². The average molecular weight is 492 g/mol. The maximum atomic E-state index is 13.7. The summed E-state index contributed by atoms with van der Waals surface area (Å²) in [5, 5.41) is 15.4. The molecule has 5 nitrogen and oxygen atoms in total. The van der Waals surface area contributed by atoms with E-state index in [0.29, 0.717) is 29.8 Å². The highest BCUT2D eigenvalue weighted by Gasteiger charge is 2.47. The van der Waals surface area contributed by atoms with Crippen molar-refractivity contribution in [2.45, 2.75) is 69.9 Å². The number of aromatic hydroxyl groups is 1. The number of hydrogen-bond donors (Lipinski definition) is 1. The van der Waals surface area contributed by atoms with Gasteiger partial charge in [-0.15, -0.1) is 0 Å². The number of halogens is 1.